The van der Waals surface area contributed by atoms with Crippen LogP contribution in [0.4, 0.5) is 0 Å². The summed E-state index contributed by atoms with van der Waals surface area (Å²) in [5.74, 6) is 0.218. The van der Waals surface area contributed by atoms with E-state index in [2.05, 4.69) is 29.8 Å². The van der Waals surface area contributed by atoms with Crippen molar-refractivity contribution in [3.05, 3.63) is 21.4 Å². The largest absolute Gasteiger partial charge is 0.334 e. The van der Waals surface area contributed by atoms with E-state index >= 15 is 0 Å². The number of amides is 1. The molecule has 1 amide bonds. The van der Waals surface area contributed by atoms with Crippen LogP contribution in [-0.2, 0) is 0 Å². The molecule has 1 aliphatic rings. The molecule has 0 spiro atoms. The summed E-state index contributed by atoms with van der Waals surface area (Å²) in [6.45, 7) is 4.97. The van der Waals surface area contributed by atoms with E-state index in [-0.39, 0.29) is 5.91 Å². The fourth-order valence-corrected chi connectivity index (χ4v) is 3.43. The number of rotatable bonds is 4. The average molecular weight is 316 g/mol. The van der Waals surface area contributed by atoms with Gasteiger partial charge >= 0.3 is 0 Å². The van der Waals surface area contributed by atoms with Crippen molar-refractivity contribution in [1.29, 1.82) is 0 Å². The molecule has 0 saturated heterocycles. The third kappa shape index (κ3) is 2.74. The summed E-state index contributed by atoms with van der Waals surface area (Å²) in [5, 5.41) is 0.860. The highest BCUT2D eigenvalue weighted by Gasteiger charge is 2.29. The Morgan fingerprint density at radius 1 is 1.53 bits per heavy atom. The molecule has 1 aromatic rings. The Morgan fingerprint density at radius 3 is 2.65 bits per heavy atom. The number of nitrogens with zero attached hydrogens (tertiary/aromatic N) is 1. The second-order valence-electron chi connectivity index (χ2n) is 4.62. The van der Waals surface area contributed by atoms with Crippen molar-refractivity contribution >= 4 is 33.2 Å². The van der Waals surface area contributed by atoms with Crippen LogP contribution in [0.15, 0.2) is 6.07 Å². The van der Waals surface area contributed by atoms with E-state index in [4.69, 9.17) is 0 Å². The summed E-state index contributed by atoms with van der Waals surface area (Å²) < 4.78 is 0. The fourth-order valence-electron chi connectivity index (χ4n) is 2.06. The Bertz CT molecular complexity index is 392. The highest BCUT2D eigenvalue weighted by Crippen LogP contribution is 2.29. The quantitative estimate of drug-likeness (QED) is 0.775. The summed E-state index contributed by atoms with van der Waals surface area (Å²) in [6.07, 6.45) is 3.60. The van der Waals surface area contributed by atoms with Gasteiger partial charge in [0.2, 0.25) is 0 Å². The summed E-state index contributed by atoms with van der Waals surface area (Å²) >= 11 is 5.06. The van der Waals surface area contributed by atoms with Gasteiger partial charge < -0.3 is 4.90 Å². The lowest BCUT2D eigenvalue weighted by Gasteiger charge is -2.37. The lowest BCUT2D eigenvalue weighted by atomic mass is 9.91. The molecule has 0 aromatic carbocycles. The predicted molar refractivity (Wildman–Crippen MR) is 76.3 cm³/mol. The second-order valence-corrected chi connectivity index (χ2v) is 6.67. The van der Waals surface area contributed by atoms with Gasteiger partial charge in [0.15, 0.2) is 0 Å². The summed E-state index contributed by atoms with van der Waals surface area (Å²) in [4.78, 5) is 16.6. The maximum atomic E-state index is 12.5. The number of aryl methyl sites for hydroxylation is 2. The van der Waals surface area contributed by atoms with Crippen LogP contribution in [-0.4, -0.2) is 28.7 Å². The SMILES string of the molecule is Cc1cc(C(=O)N(CCBr)C2CCC2)sc1C. The number of hydrogen-bond acceptors (Lipinski definition) is 2. The van der Waals surface area contributed by atoms with E-state index in [1.807, 2.05) is 11.0 Å². The van der Waals surface area contributed by atoms with Crippen LogP contribution in [0.5, 0.6) is 0 Å². The third-order valence-corrected chi connectivity index (χ3v) is 4.97. The molecule has 0 atom stereocenters. The van der Waals surface area contributed by atoms with E-state index in [0.29, 0.717) is 6.04 Å². The Kier molecular flexibility index (Phi) is 4.26. The van der Waals surface area contributed by atoms with Crippen LogP contribution in [0, 0.1) is 13.8 Å². The molecular weight excluding hydrogens is 298 g/mol. The van der Waals surface area contributed by atoms with Crippen molar-refractivity contribution in [3.63, 3.8) is 0 Å². The Balaban J connectivity index is 2.14. The number of carbonyl (C=O) groups excluding carboxylic acids is 1. The van der Waals surface area contributed by atoms with Crippen LogP contribution in [0.1, 0.15) is 39.4 Å². The summed E-state index contributed by atoms with van der Waals surface area (Å²) in [5.41, 5.74) is 1.23. The van der Waals surface area contributed by atoms with Crippen LogP contribution >= 0.6 is 27.3 Å². The minimum absolute atomic E-state index is 0.218. The molecule has 2 rings (SSSR count). The minimum atomic E-state index is 0.218. The lowest BCUT2D eigenvalue weighted by Crippen LogP contribution is -2.44. The highest BCUT2D eigenvalue weighted by atomic mass is 79.9. The zero-order valence-electron chi connectivity index (χ0n) is 10.3. The first kappa shape index (κ1) is 13.1. The molecule has 2 nitrogen and oxygen atoms in total. The van der Waals surface area contributed by atoms with Gasteiger partial charge in [-0.3, -0.25) is 4.79 Å². The Labute approximate surface area is 115 Å². The first-order chi connectivity index (χ1) is 8.13. The zero-order chi connectivity index (χ0) is 12.4. The molecule has 0 N–H and O–H groups in total. The van der Waals surface area contributed by atoms with Gasteiger partial charge in [0.25, 0.3) is 5.91 Å². The Hall–Kier alpha value is -0.350. The molecule has 17 heavy (non-hydrogen) atoms. The highest BCUT2D eigenvalue weighted by molar-refractivity contribution is 9.09. The molecule has 0 radical (unpaired) electrons. The van der Waals surface area contributed by atoms with E-state index in [0.717, 1.165) is 16.8 Å². The van der Waals surface area contributed by atoms with Gasteiger partial charge in [0.05, 0.1) is 4.88 Å². The van der Waals surface area contributed by atoms with E-state index < -0.39 is 0 Å². The maximum Gasteiger partial charge on any atom is 0.264 e. The number of thiophene rings is 1. The first-order valence-corrected chi connectivity index (χ1v) is 8.01. The minimum Gasteiger partial charge on any atom is -0.334 e. The zero-order valence-corrected chi connectivity index (χ0v) is 12.7. The monoisotopic (exact) mass is 315 g/mol. The molecule has 4 heteroatoms. The van der Waals surface area contributed by atoms with Gasteiger partial charge in [-0.25, -0.2) is 0 Å². The van der Waals surface area contributed by atoms with Crippen molar-refractivity contribution in [3.8, 4) is 0 Å². The van der Waals surface area contributed by atoms with Crippen molar-refractivity contribution < 1.29 is 4.79 Å². The number of alkyl halides is 1. The molecule has 1 fully saturated rings. The van der Waals surface area contributed by atoms with Gasteiger partial charge in [-0.1, -0.05) is 15.9 Å². The number of carbonyl (C=O) groups is 1. The van der Waals surface area contributed by atoms with Crippen LogP contribution in [0.25, 0.3) is 0 Å². The molecule has 0 aliphatic heterocycles. The van der Waals surface area contributed by atoms with Crippen LogP contribution in [0.2, 0.25) is 0 Å². The molecule has 1 aliphatic carbocycles. The van der Waals surface area contributed by atoms with Gasteiger partial charge in [0.1, 0.15) is 0 Å². The smallest absolute Gasteiger partial charge is 0.264 e. The molecular formula is C13H18BrNOS. The molecule has 1 saturated carbocycles. The normalized spacial score (nSPS) is 15.7. The number of halogens is 1. The molecule has 0 unspecified atom stereocenters. The lowest BCUT2D eigenvalue weighted by molar-refractivity contribution is 0.0604. The third-order valence-electron chi connectivity index (χ3n) is 3.48. The first-order valence-electron chi connectivity index (χ1n) is 6.07. The van der Waals surface area contributed by atoms with Gasteiger partial charge in [-0.15, -0.1) is 11.3 Å². The van der Waals surface area contributed by atoms with Crippen molar-refractivity contribution in [2.75, 3.05) is 11.9 Å². The van der Waals surface area contributed by atoms with E-state index in [1.165, 1.54) is 29.7 Å². The van der Waals surface area contributed by atoms with E-state index in [1.54, 1.807) is 11.3 Å². The average Bonchev–Trinajstić information content (AvgIpc) is 2.55. The topological polar surface area (TPSA) is 20.3 Å². The van der Waals surface area contributed by atoms with Crippen molar-refractivity contribution in [2.45, 2.75) is 39.2 Å². The van der Waals surface area contributed by atoms with Crippen LogP contribution in [0.3, 0.4) is 0 Å². The molecule has 1 aromatic heterocycles. The van der Waals surface area contributed by atoms with Crippen LogP contribution < -0.4 is 0 Å². The van der Waals surface area contributed by atoms with Gasteiger partial charge in [-0.05, 0) is 44.7 Å². The molecule has 1 heterocycles. The molecule has 94 valence electrons. The summed E-state index contributed by atoms with van der Waals surface area (Å²) in [6, 6.07) is 2.50. The van der Waals surface area contributed by atoms with Crippen molar-refractivity contribution in [1.82, 2.24) is 4.90 Å². The van der Waals surface area contributed by atoms with Crippen molar-refractivity contribution in [2.24, 2.45) is 0 Å². The maximum absolute atomic E-state index is 12.5. The molecule has 0 bridgehead atoms. The van der Waals surface area contributed by atoms with Gasteiger partial charge in [-0.2, -0.15) is 0 Å². The standard InChI is InChI=1S/C13H18BrNOS/c1-9-8-12(17-10(9)2)13(16)15(7-6-14)11-4-3-5-11/h8,11H,3-7H2,1-2H3. The van der Waals surface area contributed by atoms with Gasteiger partial charge in [0, 0.05) is 22.8 Å². The number of hydrogen-bond donors (Lipinski definition) is 0. The predicted octanol–water partition coefficient (Wildman–Crippen LogP) is 3.75. The fraction of sp³-hybridized carbons (Fsp3) is 0.615. The van der Waals surface area contributed by atoms with E-state index in [9.17, 15) is 4.79 Å². The summed E-state index contributed by atoms with van der Waals surface area (Å²) in [7, 11) is 0. The Morgan fingerprint density at radius 2 is 2.24 bits per heavy atom. The second kappa shape index (κ2) is 5.53.